The smallest absolute Gasteiger partial charge is 0.407 e. The molecule has 16 rings (SSSR count). The molecule has 0 saturated carbocycles. The third-order valence-corrected chi connectivity index (χ3v) is 46.4. The fourth-order valence-electron chi connectivity index (χ4n) is 18.0. The van der Waals surface area contributed by atoms with E-state index in [2.05, 4.69) is 374 Å². The number of unbranched alkanes of at least 4 members (excludes halogenated alkanes) is 8. The Morgan fingerprint density at radius 2 is 0.633 bits per heavy atom. The summed E-state index contributed by atoms with van der Waals surface area (Å²) in [6.45, 7) is 18.0. The Morgan fingerprint density at radius 3 is 0.971 bits per heavy atom. The van der Waals surface area contributed by atoms with Crippen molar-refractivity contribution >= 4 is 124 Å². The van der Waals surface area contributed by atoms with E-state index >= 15 is 0 Å². The molecule has 0 bridgehead atoms. The maximum Gasteiger partial charge on any atom is 1.00 e. The zero-order valence-electron chi connectivity index (χ0n) is 82.3. The number of aryl methyl sites for hydroxylation is 1. The minimum absolute atomic E-state index is 0. The van der Waals surface area contributed by atoms with Crippen LogP contribution in [0, 0.1) is 11.5 Å². The maximum atomic E-state index is 12.3. The van der Waals surface area contributed by atoms with E-state index in [0.717, 1.165) is 80.2 Å². The van der Waals surface area contributed by atoms with Gasteiger partial charge in [0.25, 0.3) is 26.8 Å². The molecular weight excluding hydrogens is 1870 g/mol. The third-order valence-electron chi connectivity index (χ3n) is 25.3. The van der Waals surface area contributed by atoms with Crippen molar-refractivity contribution in [2.24, 2.45) is 0 Å². The van der Waals surface area contributed by atoms with E-state index in [4.69, 9.17) is 23.2 Å². The van der Waals surface area contributed by atoms with E-state index in [1.54, 1.807) is 24.3 Å². The summed E-state index contributed by atoms with van der Waals surface area (Å²) >= 11 is 12.6. The number of carbonyl (C=O) groups is 1. The summed E-state index contributed by atoms with van der Waals surface area (Å²) in [6.07, 6.45) is 18.6. The quantitative estimate of drug-likeness (QED) is 0.0126. The molecule has 3 aliphatic rings. The number of aliphatic hydroxyl groups excluding tert-OH is 2. The molecule has 3 heterocycles. The van der Waals surface area contributed by atoms with Crippen LogP contribution in [0.3, 0.4) is 0 Å². The van der Waals surface area contributed by atoms with Crippen molar-refractivity contribution in [3.8, 4) is 44.5 Å². The van der Waals surface area contributed by atoms with Gasteiger partial charge in [0.15, 0.2) is 5.78 Å². The Morgan fingerprint density at radius 1 is 0.345 bits per heavy atom. The van der Waals surface area contributed by atoms with Gasteiger partial charge >= 0.3 is 18.9 Å². The van der Waals surface area contributed by atoms with Gasteiger partial charge in [0.05, 0.1) is 19.7 Å². The number of thioether (sulfide) groups is 6. The van der Waals surface area contributed by atoms with Crippen molar-refractivity contribution in [1.82, 2.24) is 0 Å². The van der Waals surface area contributed by atoms with E-state index in [1.807, 2.05) is 85.0 Å². The zero-order chi connectivity index (χ0) is 96.3. The van der Waals surface area contributed by atoms with Gasteiger partial charge in [0.2, 0.25) is 0 Å². The predicted octanol–water partition coefficient (Wildman–Crippen LogP) is 27.7. The molecule has 0 atom stereocenters. The zero-order valence-corrected chi connectivity index (χ0v) is 90.1. The van der Waals surface area contributed by atoms with Crippen molar-refractivity contribution in [1.29, 1.82) is 0 Å². The first kappa shape index (κ1) is 113. The number of benzene rings is 13. The standard InChI is InChI=1S/C37H44OS2Si.C28H36O4SSi.C21H26OS2.C18H20O2.C16H15S2.CH4.Li/c1-36(2,3)41(34-19-10-5-11-20-34,35-21-12-6-13-22-35)38-28-15-7-14-27-37(39-29-16-30-40-37)33-25-23-32(24-26-33)31-17-8-4-9-18-31;1-24-18-20-25(21-19-24)33(29,30)31-22-12-7-13-23-32-34(28(2,3)4,26-14-8-5-9-15-26)27-16-10-6-11-17-27;22-15-6-2-5-14-21(23-16-7-17-24-21)20-12-10-19(11-13-20)18-8-3-1-4-9-18;19-14-6-2-5-9-18(20)17-12-10-16(11-13-17)15-7-3-1-4-8-15;1-2-5-13(6-3-1)14-7-9-15(10-8-14)16-17-11-4-12-18-16;;/h4-6,8-13,17-26H,7,14-16,27-30H2,1-3H3;5-6,8-11,14-21H,7,12-13,22-23H2,1-4H3;1,3-4,8-13,22H,2,5-7,14-17H2;1,3-4,7-8,10-13,19H,2,5-6,9,14H2;1-3,5-10H,4,11-12H2;1H4;/q;;;;-1;;+1. The normalized spacial score (nSPS) is 14.1. The van der Waals surface area contributed by atoms with Gasteiger partial charge in [0.1, 0.15) is 0 Å². The first-order valence-corrected chi connectivity index (χ1v) is 60.4. The number of carbonyl (C=O) groups excluding carboxylic acids is 1. The molecule has 3 aliphatic heterocycles. The van der Waals surface area contributed by atoms with Gasteiger partial charge in [-0.2, -0.15) is 49.6 Å². The number of Topliss-reactive ketones (excluding diaryl/α,β-unsaturated/α-hetero) is 1. The van der Waals surface area contributed by atoms with Crippen LogP contribution in [0.1, 0.15) is 197 Å². The van der Waals surface area contributed by atoms with Crippen molar-refractivity contribution < 1.29 is 55.3 Å². The van der Waals surface area contributed by atoms with Crippen LogP contribution < -0.4 is 39.6 Å². The van der Waals surface area contributed by atoms with Crippen molar-refractivity contribution in [2.45, 2.75) is 195 Å². The molecule has 13 aromatic carbocycles. The fourth-order valence-corrected chi connectivity index (χ4v) is 37.6. The molecule has 18 heteroatoms. The van der Waals surface area contributed by atoms with Crippen molar-refractivity contribution in [3.05, 3.63) is 396 Å². The Kier molecular flexibility index (Phi) is 48.0. The number of hydrogen-bond acceptors (Lipinski definition) is 14. The van der Waals surface area contributed by atoms with Crippen LogP contribution in [-0.4, -0.2) is 109 Å². The van der Waals surface area contributed by atoms with Crippen LogP contribution in [0.15, 0.2) is 369 Å². The second kappa shape index (κ2) is 58.9. The van der Waals surface area contributed by atoms with Gasteiger partial charge in [-0.15, -0.1) is 59.2 Å². The van der Waals surface area contributed by atoms with Gasteiger partial charge in [-0.1, -0.05) is 419 Å². The molecule has 2 N–H and O–H groups in total. The molecule has 0 spiro atoms. The van der Waals surface area contributed by atoms with Crippen LogP contribution in [0.4, 0.5) is 0 Å². The third kappa shape index (κ3) is 33.2. The average Bonchev–Trinajstić information content (AvgIpc) is 0.748. The number of hydrogen-bond donors (Lipinski definition) is 2. The summed E-state index contributed by atoms with van der Waals surface area (Å²) in [6, 6.07) is 127. The molecule has 3 fully saturated rings. The van der Waals surface area contributed by atoms with Crippen LogP contribution >= 0.6 is 70.6 Å². The van der Waals surface area contributed by atoms with E-state index < -0.39 is 26.8 Å². The van der Waals surface area contributed by atoms with Gasteiger partial charge in [-0.25, -0.2) is 0 Å². The van der Waals surface area contributed by atoms with E-state index in [0.29, 0.717) is 26.1 Å². The number of ketones is 1. The summed E-state index contributed by atoms with van der Waals surface area (Å²) in [5.41, 5.74) is 16.1. The molecule has 8 nitrogen and oxygen atoms in total. The monoisotopic (exact) mass is 2010 g/mol. The molecule has 728 valence electrons. The molecule has 0 radical (unpaired) electrons. The molecule has 13 aromatic rings. The van der Waals surface area contributed by atoms with Crippen molar-refractivity contribution in [2.75, 3.05) is 67.6 Å². The predicted molar refractivity (Wildman–Crippen MR) is 608 cm³/mol. The minimum Gasteiger partial charge on any atom is -0.407 e. The van der Waals surface area contributed by atoms with Crippen LogP contribution in [-0.2, 0) is 31.3 Å². The average molecular weight is 2020 g/mol. The number of aliphatic hydroxyl groups is 2. The Bertz CT molecular complexity index is 5610. The SMILES string of the molecule is C.CC(C)(C)[Si](OCCCCCC1(c2ccc(-c3ccccc3)cc2)SCCCS1)(c1ccccc1)c1ccccc1.Cc1ccc(S(=O)(=O)OCCCCCO[Si](c2ccccc2)(c2ccccc2)C(C)(C)C)cc1.O=C(CCCCCO)c1ccc(-c2ccccc2)cc1.OCCCCCC1(c2ccc(-c3ccccc3)cc2)SCCCS1.[Li+].c1ccc(-c2ccc([C-]3SCCCS3)cc2)cc1. The molecule has 0 amide bonds. The second-order valence-electron chi connectivity index (χ2n) is 37.2. The fraction of sp³-hybridized carbons (Fsp3) is 0.339. The number of rotatable bonds is 38. The Labute approximate surface area is 874 Å². The summed E-state index contributed by atoms with van der Waals surface area (Å²) < 4.78 is 45.8. The summed E-state index contributed by atoms with van der Waals surface area (Å²) in [7, 11) is -8.68. The first-order valence-electron chi connectivity index (χ1n) is 49.2. The summed E-state index contributed by atoms with van der Waals surface area (Å²) in [4.78, 5) is 12.2. The minimum atomic E-state index is -3.71. The maximum absolute atomic E-state index is 12.3. The molecule has 0 aromatic heterocycles. The van der Waals surface area contributed by atoms with Crippen LogP contribution in [0.5, 0.6) is 0 Å². The van der Waals surface area contributed by atoms with Crippen LogP contribution in [0.2, 0.25) is 10.1 Å². The van der Waals surface area contributed by atoms with Gasteiger partial charge < -0.3 is 19.1 Å². The largest absolute Gasteiger partial charge is 1.00 e. The first-order chi connectivity index (χ1) is 66.7. The molecule has 139 heavy (non-hydrogen) atoms. The second-order valence-corrected chi connectivity index (χ2v) is 56.0. The van der Waals surface area contributed by atoms with E-state index in [9.17, 15) is 13.2 Å². The van der Waals surface area contributed by atoms with Crippen molar-refractivity contribution in [3.63, 3.8) is 0 Å². The van der Waals surface area contributed by atoms with Gasteiger partial charge in [0, 0.05) is 38.4 Å². The molecule has 3 saturated heterocycles. The summed E-state index contributed by atoms with van der Waals surface area (Å²) in [5, 5.41) is 23.0. The summed E-state index contributed by atoms with van der Waals surface area (Å²) in [5.74, 6) is 7.74. The van der Waals surface area contributed by atoms with E-state index in [1.165, 1.54) is 161 Å². The molecule has 0 unspecified atom stereocenters. The topological polar surface area (TPSA) is 119 Å². The van der Waals surface area contributed by atoms with Crippen LogP contribution in [0.25, 0.3) is 44.5 Å². The Balaban J connectivity index is 0.000000184. The van der Waals surface area contributed by atoms with Gasteiger partial charge in [-0.05, 0) is 217 Å². The van der Waals surface area contributed by atoms with Gasteiger partial charge in [-0.3, -0.25) is 8.98 Å². The van der Waals surface area contributed by atoms with E-state index in [-0.39, 0.29) is 68.4 Å². The molecule has 0 aliphatic carbocycles. The Hall–Kier alpha value is -7.72. The molecular formula is C121H145LiO8S7Si2.